The van der Waals surface area contributed by atoms with Gasteiger partial charge in [-0.2, -0.15) is 0 Å². The predicted molar refractivity (Wildman–Crippen MR) is 69.9 cm³/mol. The summed E-state index contributed by atoms with van der Waals surface area (Å²) in [6, 6.07) is 6.01. The summed E-state index contributed by atoms with van der Waals surface area (Å²) < 4.78 is 0.973. The van der Waals surface area contributed by atoms with E-state index in [0.717, 1.165) is 22.0 Å². The molecule has 0 aliphatic rings. The Morgan fingerprint density at radius 2 is 2.00 bits per heavy atom. The zero-order chi connectivity index (χ0) is 12.1. The van der Waals surface area contributed by atoms with Crippen LogP contribution < -0.4 is 11.3 Å². The number of hydrazine groups is 1. The number of pyridine rings is 2. The van der Waals surface area contributed by atoms with E-state index in [2.05, 4.69) is 31.3 Å². The van der Waals surface area contributed by atoms with Crippen LogP contribution in [0.2, 0.25) is 0 Å². The maximum Gasteiger partial charge on any atom is 0.0501 e. The molecule has 0 bridgehead atoms. The number of nitrogens with one attached hydrogen (secondary N) is 1. The van der Waals surface area contributed by atoms with E-state index in [1.54, 1.807) is 18.6 Å². The molecule has 0 aromatic carbocycles. The summed E-state index contributed by atoms with van der Waals surface area (Å²) >= 11 is 3.41. The highest BCUT2D eigenvalue weighted by Gasteiger charge is 2.10. The lowest BCUT2D eigenvalue weighted by Crippen LogP contribution is -2.29. The molecule has 4 nitrogen and oxygen atoms in total. The van der Waals surface area contributed by atoms with Crippen LogP contribution in [0.4, 0.5) is 0 Å². The molecule has 0 aliphatic heterocycles. The van der Waals surface area contributed by atoms with Gasteiger partial charge in [-0.05, 0) is 51.7 Å². The standard InChI is InChI=1S/C12H13BrN4/c13-11-5-9(7-16-8-11)6-12(17-14)10-1-3-15-4-2-10/h1-5,7-8,12,17H,6,14H2. The Labute approximate surface area is 108 Å². The first kappa shape index (κ1) is 12.2. The van der Waals surface area contributed by atoms with Crippen LogP contribution in [0.15, 0.2) is 47.5 Å². The van der Waals surface area contributed by atoms with Gasteiger partial charge in [-0.25, -0.2) is 0 Å². The average Bonchev–Trinajstić information content (AvgIpc) is 2.37. The number of hydrogen-bond donors (Lipinski definition) is 2. The van der Waals surface area contributed by atoms with Gasteiger partial charge >= 0.3 is 0 Å². The number of hydrogen-bond acceptors (Lipinski definition) is 4. The minimum absolute atomic E-state index is 0.0640. The molecule has 2 aromatic rings. The lowest BCUT2D eigenvalue weighted by atomic mass is 10.0. The zero-order valence-corrected chi connectivity index (χ0v) is 10.8. The molecular weight excluding hydrogens is 280 g/mol. The van der Waals surface area contributed by atoms with E-state index in [1.165, 1.54) is 0 Å². The van der Waals surface area contributed by atoms with Crippen molar-refractivity contribution in [3.8, 4) is 0 Å². The molecule has 2 rings (SSSR count). The minimum Gasteiger partial charge on any atom is -0.271 e. The fourth-order valence-electron chi connectivity index (χ4n) is 1.67. The van der Waals surface area contributed by atoms with Crippen molar-refractivity contribution < 1.29 is 0 Å². The Morgan fingerprint density at radius 3 is 2.65 bits per heavy atom. The van der Waals surface area contributed by atoms with Gasteiger partial charge in [0.25, 0.3) is 0 Å². The third-order valence-electron chi connectivity index (χ3n) is 2.51. The van der Waals surface area contributed by atoms with E-state index >= 15 is 0 Å². The van der Waals surface area contributed by atoms with Gasteiger partial charge in [-0.1, -0.05) is 0 Å². The second kappa shape index (κ2) is 5.86. The van der Waals surface area contributed by atoms with E-state index in [-0.39, 0.29) is 6.04 Å². The monoisotopic (exact) mass is 292 g/mol. The predicted octanol–water partition coefficient (Wildman–Crippen LogP) is 1.99. The molecule has 0 spiro atoms. The highest BCUT2D eigenvalue weighted by molar-refractivity contribution is 9.10. The molecular formula is C12H13BrN4. The molecule has 1 unspecified atom stereocenters. The van der Waals surface area contributed by atoms with Gasteiger partial charge in [0.1, 0.15) is 0 Å². The smallest absolute Gasteiger partial charge is 0.0501 e. The summed E-state index contributed by atoms with van der Waals surface area (Å²) in [7, 11) is 0. The summed E-state index contributed by atoms with van der Waals surface area (Å²) in [5, 5.41) is 0. The van der Waals surface area contributed by atoms with Crippen molar-refractivity contribution in [2.45, 2.75) is 12.5 Å². The average molecular weight is 293 g/mol. The Balaban J connectivity index is 2.16. The molecule has 5 heteroatoms. The molecule has 1 atom stereocenters. The van der Waals surface area contributed by atoms with Crippen LogP contribution in [0.3, 0.4) is 0 Å². The molecule has 0 saturated carbocycles. The first-order valence-corrected chi connectivity index (χ1v) is 6.04. The van der Waals surface area contributed by atoms with E-state index in [9.17, 15) is 0 Å². The third-order valence-corrected chi connectivity index (χ3v) is 2.94. The highest BCUT2D eigenvalue weighted by Crippen LogP contribution is 2.18. The maximum absolute atomic E-state index is 5.59. The summed E-state index contributed by atoms with van der Waals surface area (Å²) in [6.07, 6.45) is 7.92. The van der Waals surface area contributed by atoms with Crippen molar-refractivity contribution in [1.82, 2.24) is 15.4 Å². The second-order valence-corrected chi connectivity index (χ2v) is 4.63. The van der Waals surface area contributed by atoms with Crippen LogP contribution in [0.5, 0.6) is 0 Å². The van der Waals surface area contributed by atoms with Gasteiger partial charge in [0.05, 0.1) is 6.04 Å². The summed E-state index contributed by atoms with van der Waals surface area (Å²) in [5.74, 6) is 5.59. The second-order valence-electron chi connectivity index (χ2n) is 3.72. The number of nitrogens with two attached hydrogens (primary N) is 1. The summed E-state index contributed by atoms with van der Waals surface area (Å²) in [5.41, 5.74) is 5.05. The number of nitrogens with zero attached hydrogens (tertiary/aromatic N) is 2. The molecule has 0 radical (unpaired) electrons. The van der Waals surface area contributed by atoms with Crippen molar-refractivity contribution in [1.29, 1.82) is 0 Å². The zero-order valence-electron chi connectivity index (χ0n) is 9.18. The molecule has 17 heavy (non-hydrogen) atoms. The normalized spacial score (nSPS) is 12.4. The van der Waals surface area contributed by atoms with E-state index < -0.39 is 0 Å². The van der Waals surface area contributed by atoms with Gasteiger partial charge < -0.3 is 0 Å². The Bertz CT molecular complexity index is 475. The first-order valence-electron chi connectivity index (χ1n) is 5.25. The number of aromatic nitrogens is 2. The molecule has 3 N–H and O–H groups in total. The van der Waals surface area contributed by atoms with Crippen molar-refractivity contribution >= 4 is 15.9 Å². The molecule has 0 fully saturated rings. The minimum atomic E-state index is 0.0640. The van der Waals surface area contributed by atoms with Gasteiger partial charge in [0.2, 0.25) is 0 Å². The molecule has 0 amide bonds. The Hall–Kier alpha value is -1.30. The van der Waals surface area contributed by atoms with Crippen molar-refractivity contribution in [3.05, 3.63) is 58.6 Å². The van der Waals surface area contributed by atoms with Gasteiger partial charge in [-0.15, -0.1) is 0 Å². The number of rotatable bonds is 4. The summed E-state index contributed by atoms with van der Waals surface area (Å²) in [6.45, 7) is 0. The lowest BCUT2D eigenvalue weighted by molar-refractivity contribution is 0.550. The van der Waals surface area contributed by atoms with Crippen LogP contribution >= 0.6 is 15.9 Å². The van der Waals surface area contributed by atoms with Crippen LogP contribution in [0, 0.1) is 0 Å². The molecule has 2 aromatic heterocycles. The van der Waals surface area contributed by atoms with Crippen molar-refractivity contribution in [3.63, 3.8) is 0 Å². The van der Waals surface area contributed by atoms with Crippen LogP contribution in [0.1, 0.15) is 17.2 Å². The quantitative estimate of drug-likeness (QED) is 0.668. The maximum atomic E-state index is 5.59. The van der Waals surface area contributed by atoms with Gasteiger partial charge in [-0.3, -0.25) is 21.2 Å². The Kier molecular flexibility index (Phi) is 4.19. The summed E-state index contributed by atoms with van der Waals surface area (Å²) in [4.78, 5) is 8.13. The van der Waals surface area contributed by atoms with Crippen LogP contribution in [0.25, 0.3) is 0 Å². The number of halogens is 1. The fraction of sp³-hybridized carbons (Fsp3) is 0.167. The molecule has 88 valence electrons. The van der Waals surface area contributed by atoms with Crippen molar-refractivity contribution in [2.75, 3.05) is 0 Å². The molecule has 0 aliphatic carbocycles. The fourth-order valence-corrected chi connectivity index (χ4v) is 2.08. The van der Waals surface area contributed by atoms with E-state index in [4.69, 9.17) is 5.84 Å². The van der Waals surface area contributed by atoms with E-state index in [0.29, 0.717) is 0 Å². The topological polar surface area (TPSA) is 63.8 Å². The highest BCUT2D eigenvalue weighted by atomic mass is 79.9. The molecule has 0 saturated heterocycles. The van der Waals surface area contributed by atoms with Gasteiger partial charge in [0.15, 0.2) is 0 Å². The third kappa shape index (κ3) is 3.33. The lowest BCUT2D eigenvalue weighted by Gasteiger charge is -2.16. The first-order chi connectivity index (χ1) is 8.29. The van der Waals surface area contributed by atoms with Crippen LogP contribution in [-0.4, -0.2) is 9.97 Å². The molecule has 2 heterocycles. The van der Waals surface area contributed by atoms with Gasteiger partial charge in [0, 0.05) is 29.3 Å². The van der Waals surface area contributed by atoms with E-state index in [1.807, 2.05) is 24.4 Å². The SMILES string of the molecule is NNC(Cc1cncc(Br)c1)c1ccncc1. The Morgan fingerprint density at radius 1 is 1.24 bits per heavy atom. The van der Waals surface area contributed by atoms with Crippen molar-refractivity contribution in [2.24, 2.45) is 5.84 Å². The largest absolute Gasteiger partial charge is 0.271 e. The van der Waals surface area contributed by atoms with Crippen LogP contribution in [-0.2, 0) is 6.42 Å².